The number of rotatable bonds is 8. The summed E-state index contributed by atoms with van der Waals surface area (Å²) in [6, 6.07) is 9.32. The molecule has 0 saturated heterocycles. The average molecular weight is 394 g/mol. The zero-order valence-electron chi connectivity index (χ0n) is 15.3. The number of hydrogen-bond donors (Lipinski definition) is 2. The smallest absolute Gasteiger partial charge is 0.238 e. The van der Waals surface area contributed by atoms with Crippen LogP contribution >= 0.6 is 0 Å². The van der Waals surface area contributed by atoms with Crippen molar-refractivity contribution in [1.82, 2.24) is 0 Å². The van der Waals surface area contributed by atoms with Gasteiger partial charge in [0.25, 0.3) is 0 Å². The van der Waals surface area contributed by atoms with E-state index >= 15 is 0 Å². The highest BCUT2D eigenvalue weighted by atomic mass is 32.2. The summed E-state index contributed by atoms with van der Waals surface area (Å²) in [4.78, 5) is 12.1. The number of carbonyl (C=O) groups is 1. The molecule has 146 valence electrons. The molecular formula is C18H22N2O6S. The van der Waals surface area contributed by atoms with Gasteiger partial charge in [-0.3, -0.25) is 4.79 Å². The van der Waals surface area contributed by atoms with Crippen molar-refractivity contribution in [2.75, 3.05) is 26.6 Å². The number of nitrogens with two attached hydrogens (primary N) is 1. The van der Waals surface area contributed by atoms with E-state index < -0.39 is 10.0 Å². The van der Waals surface area contributed by atoms with Crippen molar-refractivity contribution in [3.05, 3.63) is 42.0 Å². The van der Waals surface area contributed by atoms with Crippen LogP contribution in [-0.2, 0) is 21.2 Å². The van der Waals surface area contributed by atoms with Gasteiger partial charge in [0.2, 0.25) is 21.7 Å². The number of aryl methyl sites for hydroxylation is 1. The molecule has 0 spiro atoms. The van der Waals surface area contributed by atoms with Crippen LogP contribution < -0.4 is 24.7 Å². The minimum Gasteiger partial charge on any atom is -0.493 e. The summed E-state index contributed by atoms with van der Waals surface area (Å²) in [5, 5.41) is 7.75. The summed E-state index contributed by atoms with van der Waals surface area (Å²) in [5.74, 6) is 1.23. The fraction of sp³-hybridized carbons (Fsp3) is 0.278. The number of anilines is 1. The van der Waals surface area contributed by atoms with Crippen LogP contribution in [0, 0.1) is 0 Å². The number of sulfonamides is 1. The molecule has 0 radical (unpaired) electrons. The molecule has 0 atom stereocenters. The number of primary sulfonamides is 1. The number of nitrogens with one attached hydrogen (secondary N) is 1. The van der Waals surface area contributed by atoms with Gasteiger partial charge < -0.3 is 19.5 Å². The van der Waals surface area contributed by atoms with Crippen LogP contribution in [-0.4, -0.2) is 35.7 Å². The summed E-state index contributed by atoms with van der Waals surface area (Å²) >= 11 is 0. The summed E-state index contributed by atoms with van der Waals surface area (Å²) < 4.78 is 38.6. The highest BCUT2D eigenvalue weighted by Crippen LogP contribution is 2.38. The van der Waals surface area contributed by atoms with Crippen LogP contribution in [0.4, 0.5) is 5.69 Å². The van der Waals surface area contributed by atoms with Gasteiger partial charge in [-0.1, -0.05) is 6.07 Å². The minimum atomic E-state index is -3.83. The molecule has 2 rings (SSSR count). The van der Waals surface area contributed by atoms with E-state index in [-0.39, 0.29) is 17.2 Å². The van der Waals surface area contributed by atoms with Gasteiger partial charge in [-0.05, 0) is 42.3 Å². The van der Waals surface area contributed by atoms with Crippen molar-refractivity contribution < 1.29 is 27.4 Å². The second-order valence-corrected chi connectivity index (χ2v) is 7.22. The lowest BCUT2D eigenvalue weighted by Crippen LogP contribution is -2.15. The molecule has 0 bridgehead atoms. The number of amides is 1. The highest BCUT2D eigenvalue weighted by molar-refractivity contribution is 7.89. The van der Waals surface area contributed by atoms with E-state index in [0.29, 0.717) is 29.4 Å². The Morgan fingerprint density at radius 2 is 1.67 bits per heavy atom. The Morgan fingerprint density at radius 1 is 1.04 bits per heavy atom. The maximum absolute atomic E-state index is 12.2. The Balaban J connectivity index is 2.08. The van der Waals surface area contributed by atoms with Gasteiger partial charge in [0.15, 0.2) is 11.5 Å². The minimum absolute atomic E-state index is 0.0649. The lowest BCUT2D eigenvalue weighted by Gasteiger charge is -2.14. The number of methoxy groups -OCH3 is 3. The summed E-state index contributed by atoms with van der Waals surface area (Å²) in [7, 11) is 0.728. The summed E-state index contributed by atoms with van der Waals surface area (Å²) in [5.41, 5.74) is 1.19. The van der Waals surface area contributed by atoms with E-state index in [1.807, 2.05) is 0 Å². The van der Waals surface area contributed by atoms with E-state index in [9.17, 15) is 13.2 Å². The molecule has 0 saturated carbocycles. The Kier molecular flexibility index (Phi) is 6.65. The van der Waals surface area contributed by atoms with Crippen LogP contribution in [0.2, 0.25) is 0 Å². The van der Waals surface area contributed by atoms with Crippen molar-refractivity contribution in [1.29, 1.82) is 0 Å². The van der Waals surface area contributed by atoms with Gasteiger partial charge >= 0.3 is 0 Å². The van der Waals surface area contributed by atoms with Crippen LogP contribution in [0.3, 0.4) is 0 Å². The first-order chi connectivity index (χ1) is 12.8. The van der Waals surface area contributed by atoms with Crippen LogP contribution in [0.1, 0.15) is 12.0 Å². The number of benzene rings is 2. The zero-order valence-corrected chi connectivity index (χ0v) is 16.1. The van der Waals surface area contributed by atoms with Crippen molar-refractivity contribution in [3.8, 4) is 17.2 Å². The Bertz CT molecular complexity index is 902. The first kappa shape index (κ1) is 20.5. The predicted molar refractivity (Wildman–Crippen MR) is 101 cm³/mol. The Labute approximate surface area is 158 Å². The highest BCUT2D eigenvalue weighted by Gasteiger charge is 2.14. The van der Waals surface area contributed by atoms with Crippen LogP contribution in [0.5, 0.6) is 17.2 Å². The van der Waals surface area contributed by atoms with Gasteiger partial charge in [0, 0.05) is 12.1 Å². The third-order valence-corrected chi connectivity index (χ3v) is 4.72. The van der Waals surface area contributed by atoms with Crippen molar-refractivity contribution in [2.24, 2.45) is 5.14 Å². The van der Waals surface area contributed by atoms with Gasteiger partial charge in [-0.2, -0.15) is 0 Å². The maximum Gasteiger partial charge on any atom is 0.238 e. The first-order valence-electron chi connectivity index (χ1n) is 8.00. The molecular weight excluding hydrogens is 372 g/mol. The number of ether oxygens (including phenoxy) is 3. The lowest BCUT2D eigenvalue weighted by atomic mass is 10.1. The summed E-state index contributed by atoms with van der Waals surface area (Å²) in [6.45, 7) is 0. The second kappa shape index (κ2) is 8.74. The molecule has 0 heterocycles. The third kappa shape index (κ3) is 5.35. The second-order valence-electron chi connectivity index (χ2n) is 5.65. The van der Waals surface area contributed by atoms with E-state index in [1.165, 1.54) is 39.5 Å². The largest absolute Gasteiger partial charge is 0.493 e. The molecule has 9 heteroatoms. The van der Waals surface area contributed by atoms with E-state index in [2.05, 4.69) is 5.32 Å². The SMILES string of the molecule is COc1cc(CCC(=O)Nc2cccc(S(N)(=O)=O)c2)cc(OC)c1OC. The molecule has 0 unspecified atom stereocenters. The lowest BCUT2D eigenvalue weighted by molar-refractivity contribution is -0.116. The third-order valence-electron chi connectivity index (χ3n) is 3.81. The van der Waals surface area contributed by atoms with E-state index in [1.54, 1.807) is 18.2 Å². The zero-order chi connectivity index (χ0) is 20.0. The average Bonchev–Trinajstić information content (AvgIpc) is 2.64. The quantitative estimate of drug-likeness (QED) is 0.707. The predicted octanol–water partition coefficient (Wildman–Crippen LogP) is 1.93. The molecule has 27 heavy (non-hydrogen) atoms. The van der Waals surface area contributed by atoms with Gasteiger partial charge in [0.05, 0.1) is 26.2 Å². The molecule has 0 aromatic heterocycles. The number of carbonyl (C=O) groups excluding carboxylic acids is 1. The molecule has 0 aliphatic rings. The van der Waals surface area contributed by atoms with Crippen molar-refractivity contribution in [2.45, 2.75) is 17.7 Å². The van der Waals surface area contributed by atoms with Gasteiger partial charge in [-0.25, -0.2) is 13.6 Å². The molecule has 0 aliphatic carbocycles. The molecule has 0 fully saturated rings. The molecule has 1 amide bonds. The van der Waals surface area contributed by atoms with Crippen LogP contribution in [0.15, 0.2) is 41.3 Å². The standard InChI is InChI=1S/C18H22N2O6S/c1-24-15-9-12(10-16(25-2)18(15)26-3)7-8-17(21)20-13-5-4-6-14(11-13)27(19,22)23/h4-6,9-11H,7-8H2,1-3H3,(H,20,21)(H2,19,22,23). The van der Waals surface area contributed by atoms with E-state index in [0.717, 1.165) is 5.56 Å². The molecule has 0 aliphatic heterocycles. The van der Waals surface area contributed by atoms with E-state index in [4.69, 9.17) is 19.3 Å². The molecule has 2 aromatic carbocycles. The first-order valence-corrected chi connectivity index (χ1v) is 9.54. The molecule has 2 aromatic rings. The topological polar surface area (TPSA) is 117 Å². The van der Waals surface area contributed by atoms with Gasteiger partial charge in [0.1, 0.15) is 0 Å². The number of hydrogen-bond acceptors (Lipinski definition) is 6. The van der Waals surface area contributed by atoms with Crippen LogP contribution in [0.25, 0.3) is 0 Å². The Morgan fingerprint density at radius 3 is 2.19 bits per heavy atom. The Hall–Kier alpha value is -2.78. The fourth-order valence-corrected chi connectivity index (χ4v) is 3.07. The van der Waals surface area contributed by atoms with Gasteiger partial charge in [-0.15, -0.1) is 0 Å². The van der Waals surface area contributed by atoms with Crippen molar-refractivity contribution in [3.63, 3.8) is 0 Å². The normalized spacial score (nSPS) is 11.0. The maximum atomic E-state index is 12.2. The van der Waals surface area contributed by atoms with Crippen molar-refractivity contribution >= 4 is 21.6 Å². The monoisotopic (exact) mass is 394 g/mol. The fourth-order valence-electron chi connectivity index (χ4n) is 2.51. The molecule has 8 nitrogen and oxygen atoms in total. The summed E-state index contributed by atoms with van der Waals surface area (Å²) in [6.07, 6.45) is 0.607. The molecule has 3 N–H and O–H groups in total.